The van der Waals surface area contributed by atoms with Crippen molar-refractivity contribution in [3.8, 4) is 0 Å². The van der Waals surface area contributed by atoms with Gasteiger partial charge in [0, 0.05) is 17.5 Å². The molecule has 1 aliphatic carbocycles. The first-order chi connectivity index (χ1) is 9.74. The Kier molecular flexibility index (Phi) is 5.51. The summed E-state index contributed by atoms with van der Waals surface area (Å²) in [5, 5.41) is 0. The molecule has 0 spiro atoms. The highest BCUT2D eigenvalue weighted by molar-refractivity contribution is 6.20. The average Bonchev–Trinajstić information content (AvgIpc) is 2.47. The Morgan fingerprint density at radius 2 is 1.55 bits per heavy atom. The van der Waals surface area contributed by atoms with Gasteiger partial charge in [-0.15, -0.1) is 0 Å². The Balaban J connectivity index is 1.86. The van der Waals surface area contributed by atoms with Crippen molar-refractivity contribution in [1.29, 1.82) is 0 Å². The Morgan fingerprint density at radius 1 is 0.900 bits per heavy atom. The van der Waals surface area contributed by atoms with Crippen LogP contribution in [0.4, 0.5) is 0 Å². The van der Waals surface area contributed by atoms with Crippen molar-refractivity contribution >= 4 is 11.6 Å². The molecule has 20 heavy (non-hydrogen) atoms. The molecule has 0 saturated heterocycles. The molecule has 1 aromatic rings. The van der Waals surface area contributed by atoms with Gasteiger partial charge in [-0.05, 0) is 6.42 Å². The zero-order chi connectivity index (χ0) is 14.4. The van der Waals surface area contributed by atoms with Gasteiger partial charge < -0.3 is 0 Å². The highest BCUT2D eigenvalue weighted by Crippen LogP contribution is 2.30. The zero-order valence-corrected chi connectivity index (χ0v) is 12.3. The lowest BCUT2D eigenvalue weighted by molar-refractivity contribution is 0.0905. The maximum Gasteiger partial charge on any atom is 0.171 e. The molecule has 1 radical (unpaired) electrons. The van der Waals surface area contributed by atoms with Crippen LogP contribution in [-0.4, -0.2) is 11.6 Å². The van der Waals surface area contributed by atoms with E-state index in [1.807, 2.05) is 12.1 Å². The first-order valence-corrected chi connectivity index (χ1v) is 7.75. The fourth-order valence-electron chi connectivity index (χ4n) is 2.80. The Morgan fingerprint density at radius 3 is 2.30 bits per heavy atom. The molecule has 0 fully saturated rings. The van der Waals surface area contributed by atoms with Gasteiger partial charge in [0.25, 0.3) is 0 Å². The van der Waals surface area contributed by atoms with E-state index in [2.05, 4.69) is 6.92 Å². The van der Waals surface area contributed by atoms with Crippen LogP contribution in [0, 0.1) is 5.92 Å². The van der Waals surface area contributed by atoms with Gasteiger partial charge in [0.1, 0.15) is 0 Å². The Labute approximate surface area is 121 Å². The summed E-state index contributed by atoms with van der Waals surface area (Å²) in [7, 11) is 0. The predicted molar refractivity (Wildman–Crippen MR) is 81.0 cm³/mol. The molecule has 107 valence electrons. The van der Waals surface area contributed by atoms with Gasteiger partial charge in [0.2, 0.25) is 0 Å². The SMILES string of the molecule is CCCCCCCC[C]1CC(=O)c2ccccc2C1=O. The third kappa shape index (κ3) is 3.56. The van der Waals surface area contributed by atoms with E-state index in [1.165, 1.54) is 25.7 Å². The summed E-state index contributed by atoms with van der Waals surface area (Å²) < 4.78 is 0. The fraction of sp³-hybridized carbons (Fsp3) is 0.500. The zero-order valence-electron chi connectivity index (χ0n) is 12.3. The van der Waals surface area contributed by atoms with Crippen LogP contribution in [0.5, 0.6) is 0 Å². The highest BCUT2D eigenvalue weighted by Gasteiger charge is 2.32. The molecule has 2 heteroatoms. The van der Waals surface area contributed by atoms with Gasteiger partial charge in [-0.25, -0.2) is 0 Å². The van der Waals surface area contributed by atoms with E-state index >= 15 is 0 Å². The first-order valence-electron chi connectivity index (χ1n) is 7.75. The highest BCUT2D eigenvalue weighted by atomic mass is 16.1. The summed E-state index contributed by atoms with van der Waals surface area (Å²) in [5.41, 5.74) is 1.20. The number of fused-ring (bicyclic) bond motifs is 1. The number of ketones is 2. The smallest absolute Gasteiger partial charge is 0.171 e. The number of benzene rings is 1. The van der Waals surface area contributed by atoms with Gasteiger partial charge in [-0.1, -0.05) is 69.7 Å². The second kappa shape index (κ2) is 7.37. The molecular formula is C18H23O2. The molecule has 0 amide bonds. The quantitative estimate of drug-likeness (QED) is 0.669. The number of hydrogen-bond acceptors (Lipinski definition) is 2. The van der Waals surface area contributed by atoms with Crippen molar-refractivity contribution in [2.24, 2.45) is 0 Å². The minimum Gasteiger partial charge on any atom is -0.294 e. The minimum atomic E-state index is 0.0914. The average molecular weight is 271 g/mol. The second-order valence-electron chi connectivity index (χ2n) is 5.60. The van der Waals surface area contributed by atoms with Gasteiger partial charge in [0.05, 0.1) is 5.92 Å². The van der Waals surface area contributed by atoms with Crippen LogP contribution in [0.2, 0.25) is 0 Å². The largest absolute Gasteiger partial charge is 0.294 e. The predicted octanol–water partition coefficient (Wildman–Crippen LogP) is 4.78. The number of unbranched alkanes of at least 4 members (excludes halogenated alkanes) is 5. The summed E-state index contributed by atoms with van der Waals surface area (Å²) in [4.78, 5) is 24.4. The van der Waals surface area contributed by atoms with Crippen molar-refractivity contribution in [3.63, 3.8) is 0 Å². The molecule has 0 saturated carbocycles. The number of carbonyl (C=O) groups is 2. The Bertz CT molecular complexity index is 476. The van der Waals surface area contributed by atoms with Crippen molar-refractivity contribution in [2.45, 2.75) is 58.3 Å². The molecular weight excluding hydrogens is 248 g/mol. The van der Waals surface area contributed by atoms with Gasteiger partial charge in [-0.2, -0.15) is 0 Å². The second-order valence-corrected chi connectivity index (χ2v) is 5.60. The monoisotopic (exact) mass is 271 g/mol. The fourth-order valence-corrected chi connectivity index (χ4v) is 2.80. The minimum absolute atomic E-state index is 0.0914. The molecule has 0 unspecified atom stereocenters. The molecule has 0 heterocycles. The third-order valence-electron chi connectivity index (χ3n) is 4.00. The van der Waals surface area contributed by atoms with E-state index in [9.17, 15) is 9.59 Å². The lowest BCUT2D eigenvalue weighted by Crippen LogP contribution is -2.25. The number of hydrogen-bond donors (Lipinski definition) is 0. The summed E-state index contributed by atoms with van der Waals surface area (Å²) in [5.74, 6) is 0.999. The van der Waals surface area contributed by atoms with E-state index in [1.54, 1.807) is 12.1 Å². The van der Waals surface area contributed by atoms with Crippen molar-refractivity contribution in [1.82, 2.24) is 0 Å². The number of carbonyl (C=O) groups excluding carboxylic acids is 2. The lowest BCUT2D eigenvalue weighted by atomic mass is 9.79. The van der Waals surface area contributed by atoms with E-state index in [-0.39, 0.29) is 11.6 Å². The first kappa shape index (κ1) is 15.0. The summed E-state index contributed by atoms with van der Waals surface area (Å²) in [6.07, 6.45) is 8.35. The standard InChI is InChI=1S/C18H23O2/c1-2-3-4-5-6-7-10-14-13-17(19)15-11-8-9-12-16(15)18(14)20/h8-9,11-12H,2-7,10,13H2,1H3. The van der Waals surface area contributed by atoms with E-state index in [0.717, 1.165) is 25.2 Å². The Hall–Kier alpha value is -1.44. The molecule has 2 nitrogen and oxygen atoms in total. The maximum atomic E-state index is 12.3. The van der Waals surface area contributed by atoms with Crippen molar-refractivity contribution < 1.29 is 9.59 Å². The maximum absolute atomic E-state index is 12.3. The summed E-state index contributed by atoms with van der Waals surface area (Å²) in [6, 6.07) is 7.19. The molecule has 0 N–H and O–H groups in total. The van der Waals surface area contributed by atoms with Gasteiger partial charge in [-0.3, -0.25) is 9.59 Å². The van der Waals surface area contributed by atoms with Gasteiger partial charge >= 0.3 is 0 Å². The third-order valence-corrected chi connectivity index (χ3v) is 4.00. The van der Waals surface area contributed by atoms with E-state index in [4.69, 9.17) is 0 Å². The van der Waals surface area contributed by atoms with E-state index in [0.29, 0.717) is 17.5 Å². The van der Waals surface area contributed by atoms with Crippen LogP contribution < -0.4 is 0 Å². The lowest BCUT2D eigenvalue weighted by Gasteiger charge is -2.21. The van der Waals surface area contributed by atoms with Crippen LogP contribution in [-0.2, 0) is 0 Å². The molecule has 1 aliphatic rings. The van der Waals surface area contributed by atoms with Crippen LogP contribution in [0.15, 0.2) is 24.3 Å². The van der Waals surface area contributed by atoms with Crippen LogP contribution in [0.25, 0.3) is 0 Å². The van der Waals surface area contributed by atoms with Crippen LogP contribution >= 0.6 is 0 Å². The molecule has 0 atom stereocenters. The van der Waals surface area contributed by atoms with Crippen LogP contribution in [0.3, 0.4) is 0 Å². The van der Waals surface area contributed by atoms with Gasteiger partial charge in [0.15, 0.2) is 11.6 Å². The number of rotatable bonds is 7. The van der Waals surface area contributed by atoms with Crippen molar-refractivity contribution in [2.75, 3.05) is 0 Å². The number of Topliss-reactive ketones (excluding diaryl/α,β-unsaturated/α-hetero) is 2. The van der Waals surface area contributed by atoms with E-state index < -0.39 is 0 Å². The van der Waals surface area contributed by atoms with Crippen LogP contribution in [0.1, 0.15) is 79.0 Å². The summed E-state index contributed by atoms with van der Waals surface area (Å²) in [6.45, 7) is 2.21. The molecule has 2 rings (SSSR count). The molecule has 0 aromatic heterocycles. The normalized spacial score (nSPS) is 15.4. The molecule has 1 aromatic carbocycles. The topological polar surface area (TPSA) is 34.1 Å². The van der Waals surface area contributed by atoms with Crippen molar-refractivity contribution in [3.05, 3.63) is 41.3 Å². The molecule has 0 aliphatic heterocycles. The summed E-state index contributed by atoms with van der Waals surface area (Å²) >= 11 is 0. The molecule has 0 bridgehead atoms.